The molecular formula is C16H21NO2S. The van der Waals surface area contributed by atoms with E-state index in [1.807, 2.05) is 23.7 Å². The second-order valence-electron chi connectivity index (χ2n) is 5.06. The minimum absolute atomic E-state index is 0.0622. The summed E-state index contributed by atoms with van der Waals surface area (Å²) in [6, 6.07) is 4.06. The molecule has 4 heteroatoms. The first kappa shape index (κ1) is 14.9. The minimum Gasteiger partial charge on any atom is -0.507 e. The van der Waals surface area contributed by atoms with Crippen molar-refractivity contribution in [2.24, 2.45) is 0 Å². The highest BCUT2D eigenvalue weighted by Gasteiger charge is 2.10. The normalized spacial score (nSPS) is 10.9. The van der Waals surface area contributed by atoms with E-state index in [-0.39, 0.29) is 4.87 Å². The molecule has 20 heavy (non-hydrogen) atoms. The van der Waals surface area contributed by atoms with E-state index in [4.69, 9.17) is 0 Å². The average molecular weight is 291 g/mol. The van der Waals surface area contributed by atoms with Gasteiger partial charge in [0.15, 0.2) is 0 Å². The van der Waals surface area contributed by atoms with Gasteiger partial charge in [-0.05, 0) is 29.5 Å². The molecule has 0 aliphatic carbocycles. The van der Waals surface area contributed by atoms with E-state index in [1.165, 1.54) is 11.3 Å². The summed E-state index contributed by atoms with van der Waals surface area (Å²) < 4.78 is 1.71. The molecule has 0 aliphatic heterocycles. The van der Waals surface area contributed by atoms with Crippen LogP contribution in [0.15, 0.2) is 28.5 Å². The maximum atomic E-state index is 11.6. The van der Waals surface area contributed by atoms with E-state index in [9.17, 15) is 9.90 Å². The molecule has 3 nitrogen and oxygen atoms in total. The molecule has 1 heterocycles. The third-order valence-corrected chi connectivity index (χ3v) is 4.06. The number of aryl methyl sites for hydroxylation is 2. The van der Waals surface area contributed by atoms with Crippen molar-refractivity contribution in [3.8, 4) is 5.75 Å². The van der Waals surface area contributed by atoms with Crippen LogP contribution in [0.25, 0.3) is 0 Å². The summed E-state index contributed by atoms with van der Waals surface area (Å²) in [5.41, 5.74) is 3.09. The Hall–Kier alpha value is -1.55. The highest BCUT2D eigenvalue weighted by molar-refractivity contribution is 7.07. The lowest BCUT2D eigenvalue weighted by Gasteiger charge is -2.12. The summed E-state index contributed by atoms with van der Waals surface area (Å²) in [7, 11) is 0. The van der Waals surface area contributed by atoms with Crippen LogP contribution < -0.4 is 4.87 Å². The molecule has 0 radical (unpaired) electrons. The Kier molecular flexibility index (Phi) is 5.01. The Bertz CT molecular complexity index is 600. The molecule has 2 aromatic rings. The van der Waals surface area contributed by atoms with Gasteiger partial charge in [0, 0.05) is 11.6 Å². The SMILES string of the molecule is CCCc1cc(Cn2ccsc2=O)cc(CCC)c1O. The maximum Gasteiger partial charge on any atom is 0.307 e. The Labute approximate surface area is 123 Å². The Morgan fingerprint density at radius 3 is 2.20 bits per heavy atom. The third-order valence-electron chi connectivity index (χ3n) is 3.36. The fourth-order valence-corrected chi connectivity index (χ4v) is 3.03. The van der Waals surface area contributed by atoms with E-state index in [2.05, 4.69) is 13.8 Å². The number of nitrogens with zero attached hydrogens (tertiary/aromatic N) is 1. The number of aromatic hydroxyl groups is 1. The number of hydrogen-bond acceptors (Lipinski definition) is 3. The molecule has 0 bridgehead atoms. The van der Waals surface area contributed by atoms with Gasteiger partial charge in [-0.25, -0.2) is 0 Å². The molecule has 0 spiro atoms. The van der Waals surface area contributed by atoms with Crippen molar-refractivity contribution in [1.29, 1.82) is 0 Å². The van der Waals surface area contributed by atoms with Crippen molar-refractivity contribution in [2.45, 2.75) is 46.1 Å². The van der Waals surface area contributed by atoms with Crippen LogP contribution in [0.1, 0.15) is 43.4 Å². The predicted molar refractivity (Wildman–Crippen MR) is 83.8 cm³/mol. The molecule has 0 fully saturated rings. The van der Waals surface area contributed by atoms with Crippen LogP contribution in [-0.4, -0.2) is 9.67 Å². The first-order chi connectivity index (χ1) is 9.65. The lowest BCUT2D eigenvalue weighted by Crippen LogP contribution is -2.13. The Morgan fingerprint density at radius 1 is 1.15 bits per heavy atom. The molecule has 0 amide bonds. The van der Waals surface area contributed by atoms with Gasteiger partial charge in [-0.3, -0.25) is 4.79 Å². The smallest absolute Gasteiger partial charge is 0.307 e. The van der Waals surface area contributed by atoms with E-state index in [1.54, 1.807) is 4.57 Å². The molecule has 2 rings (SSSR count). The molecule has 1 aromatic heterocycles. The van der Waals surface area contributed by atoms with Crippen LogP contribution in [0.2, 0.25) is 0 Å². The summed E-state index contributed by atoms with van der Waals surface area (Å²) in [5.74, 6) is 0.440. The molecule has 0 aliphatic rings. The molecular weight excluding hydrogens is 270 g/mol. The van der Waals surface area contributed by atoms with E-state index < -0.39 is 0 Å². The van der Waals surface area contributed by atoms with Crippen molar-refractivity contribution in [2.75, 3.05) is 0 Å². The molecule has 108 valence electrons. The number of phenols is 1. The van der Waals surface area contributed by atoms with Gasteiger partial charge in [0.2, 0.25) is 0 Å². The van der Waals surface area contributed by atoms with Crippen molar-refractivity contribution in [1.82, 2.24) is 4.57 Å². The van der Waals surface area contributed by atoms with Crippen LogP contribution in [0.5, 0.6) is 5.75 Å². The number of benzene rings is 1. The first-order valence-corrected chi connectivity index (χ1v) is 8.01. The number of aromatic nitrogens is 1. The second kappa shape index (κ2) is 6.75. The van der Waals surface area contributed by atoms with E-state index in [0.717, 1.165) is 42.4 Å². The largest absolute Gasteiger partial charge is 0.507 e. The zero-order valence-corrected chi connectivity index (χ0v) is 12.9. The first-order valence-electron chi connectivity index (χ1n) is 7.13. The molecule has 0 saturated heterocycles. The Morgan fingerprint density at radius 2 is 1.75 bits per heavy atom. The van der Waals surface area contributed by atoms with Gasteiger partial charge in [0.05, 0.1) is 6.54 Å². The summed E-state index contributed by atoms with van der Waals surface area (Å²) in [6.07, 6.45) is 5.56. The average Bonchev–Trinajstić information content (AvgIpc) is 2.81. The van der Waals surface area contributed by atoms with Gasteiger partial charge in [0.1, 0.15) is 5.75 Å². The third kappa shape index (κ3) is 3.31. The van der Waals surface area contributed by atoms with Gasteiger partial charge >= 0.3 is 4.87 Å². The molecule has 0 unspecified atom stereocenters. The van der Waals surface area contributed by atoms with Gasteiger partial charge < -0.3 is 9.67 Å². The standard InChI is InChI=1S/C16H21NO2S/c1-3-5-13-9-12(10-14(6-4-2)15(13)18)11-17-7-8-20-16(17)19/h7-10,18H,3-6,11H2,1-2H3. The van der Waals surface area contributed by atoms with Crippen molar-refractivity contribution in [3.63, 3.8) is 0 Å². The van der Waals surface area contributed by atoms with Gasteiger partial charge in [-0.15, -0.1) is 0 Å². The lowest BCUT2D eigenvalue weighted by molar-refractivity contribution is 0.459. The minimum atomic E-state index is 0.0622. The highest BCUT2D eigenvalue weighted by atomic mass is 32.1. The number of hydrogen-bond donors (Lipinski definition) is 1. The van der Waals surface area contributed by atoms with Crippen LogP contribution in [0, 0.1) is 0 Å². The summed E-state index contributed by atoms with van der Waals surface area (Å²) >= 11 is 1.21. The van der Waals surface area contributed by atoms with Crippen molar-refractivity contribution < 1.29 is 5.11 Å². The van der Waals surface area contributed by atoms with E-state index >= 15 is 0 Å². The molecule has 1 aromatic carbocycles. The topological polar surface area (TPSA) is 42.2 Å². The van der Waals surface area contributed by atoms with Gasteiger partial charge in [-0.2, -0.15) is 0 Å². The van der Waals surface area contributed by atoms with Crippen molar-refractivity contribution >= 4 is 11.3 Å². The van der Waals surface area contributed by atoms with Crippen LogP contribution >= 0.6 is 11.3 Å². The predicted octanol–water partition coefficient (Wildman–Crippen LogP) is 3.57. The molecule has 0 atom stereocenters. The fourth-order valence-electron chi connectivity index (χ4n) is 2.45. The van der Waals surface area contributed by atoms with Crippen molar-refractivity contribution in [3.05, 3.63) is 50.1 Å². The lowest BCUT2D eigenvalue weighted by atomic mass is 9.98. The monoisotopic (exact) mass is 291 g/mol. The second-order valence-corrected chi connectivity index (χ2v) is 5.92. The van der Waals surface area contributed by atoms with Crippen LogP contribution in [0.4, 0.5) is 0 Å². The van der Waals surface area contributed by atoms with Crippen LogP contribution in [-0.2, 0) is 19.4 Å². The van der Waals surface area contributed by atoms with E-state index in [0.29, 0.717) is 12.3 Å². The maximum absolute atomic E-state index is 11.6. The summed E-state index contributed by atoms with van der Waals surface area (Å²) in [6.45, 7) is 4.79. The quantitative estimate of drug-likeness (QED) is 0.884. The van der Waals surface area contributed by atoms with Gasteiger partial charge in [0.25, 0.3) is 0 Å². The number of rotatable bonds is 6. The molecule has 0 saturated carbocycles. The summed E-state index contributed by atoms with van der Waals surface area (Å²) in [5, 5.41) is 12.1. The highest BCUT2D eigenvalue weighted by Crippen LogP contribution is 2.27. The van der Waals surface area contributed by atoms with Gasteiger partial charge in [-0.1, -0.05) is 50.2 Å². The summed E-state index contributed by atoms with van der Waals surface area (Å²) in [4.78, 5) is 11.7. The molecule has 1 N–H and O–H groups in total. The Balaban J connectivity index is 2.37. The number of phenolic OH excluding ortho intramolecular Hbond substituents is 1. The number of thiazole rings is 1. The fraction of sp³-hybridized carbons (Fsp3) is 0.438. The zero-order chi connectivity index (χ0) is 14.5. The van der Waals surface area contributed by atoms with Crippen LogP contribution in [0.3, 0.4) is 0 Å². The zero-order valence-electron chi connectivity index (χ0n) is 12.1.